The van der Waals surface area contributed by atoms with E-state index in [0.717, 1.165) is 44.1 Å². The number of hydrogen-bond donors (Lipinski definition) is 0. The van der Waals surface area contributed by atoms with E-state index in [9.17, 15) is 4.79 Å². The van der Waals surface area contributed by atoms with E-state index in [0.29, 0.717) is 31.4 Å². The number of amides is 1. The van der Waals surface area contributed by atoms with E-state index in [1.807, 2.05) is 11.8 Å². The van der Waals surface area contributed by atoms with E-state index >= 15 is 0 Å². The van der Waals surface area contributed by atoms with Gasteiger partial charge >= 0.3 is 0 Å². The molecule has 1 unspecified atom stereocenters. The van der Waals surface area contributed by atoms with Gasteiger partial charge in [-0.2, -0.15) is 4.98 Å². The van der Waals surface area contributed by atoms with Gasteiger partial charge in [0.05, 0.1) is 0 Å². The maximum absolute atomic E-state index is 12.5. The van der Waals surface area contributed by atoms with Crippen molar-refractivity contribution < 1.29 is 14.1 Å². The van der Waals surface area contributed by atoms with Crippen LogP contribution in [0.4, 0.5) is 0 Å². The van der Waals surface area contributed by atoms with Crippen molar-refractivity contribution in [3.63, 3.8) is 0 Å². The highest BCUT2D eigenvalue weighted by Crippen LogP contribution is 2.30. The molecule has 0 bridgehead atoms. The lowest BCUT2D eigenvalue weighted by atomic mass is 9.96. The van der Waals surface area contributed by atoms with Gasteiger partial charge < -0.3 is 14.2 Å². The van der Waals surface area contributed by atoms with Crippen LogP contribution in [-0.4, -0.2) is 40.6 Å². The van der Waals surface area contributed by atoms with Gasteiger partial charge in [0, 0.05) is 32.0 Å². The molecule has 0 N–H and O–H groups in total. The molecular weight excluding hydrogens is 306 g/mol. The van der Waals surface area contributed by atoms with Gasteiger partial charge in [-0.15, -0.1) is 0 Å². The monoisotopic (exact) mass is 335 g/mol. The molecule has 1 aromatic heterocycles. The molecule has 1 aliphatic heterocycles. The van der Waals surface area contributed by atoms with Crippen LogP contribution in [0.25, 0.3) is 0 Å². The van der Waals surface area contributed by atoms with Gasteiger partial charge in [0.25, 0.3) is 5.89 Å². The summed E-state index contributed by atoms with van der Waals surface area (Å²) in [4.78, 5) is 19.0. The van der Waals surface area contributed by atoms with Gasteiger partial charge in [-0.3, -0.25) is 4.79 Å². The van der Waals surface area contributed by atoms with Crippen molar-refractivity contribution >= 4 is 5.91 Å². The fraction of sp³-hybridized carbons (Fsp3) is 0.833. The van der Waals surface area contributed by atoms with Crippen LogP contribution in [0.5, 0.6) is 0 Å². The Morgan fingerprint density at radius 2 is 2.12 bits per heavy atom. The normalized spacial score (nSPS) is 22.2. The van der Waals surface area contributed by atoms with Crippen molar-refractivity contribution in [2.45, 2.75) is 70.8 Å². The van der Waals surface area contributed by atoms with E-state index in [2.05, 4.69) is 10.1 Å². The Labute approximate surface area is 143 Å². The second-order valence-corrected chi connectivity index (χ2v) is 7.05. The molecule has 3 rings (SSSR count). The Hall–Kier alpha value is -1.43. The lowest BCUT2D eigenvalue weighted by Gasteiger charge is -2.31. The summed E-state index contributed by atoms with van der Waals surface area (Å²) in [5, 5.41) is 4.09. The number of carbonyl (C=O) groups is 1. The topological polar surface area (TPSA) is 68.5 Å². The molecule has 1 atom stereocenters. The van der Waals surface area contributed by atoms with E-state index in [1.54, 1.807) is 0 Å². The molecule has 1 saturated heterocycles. The van der Waals surface area contributed by atoms with Crippen LogP contribution >= 0.6 is 0 Å². The third-order valence-corrected chi connectivity index (χ3v) is 5.29. The minimum atomic E-state index is 0.188. The molecule has 1 amide bonds. The Morgan fingerprint density at radius 3 is 2.92 bits per heavy atom. The predicted molar refractivity (Wildman–Crippen MR) is 89.4 cm³/mol. The van der Waals surface area contributed by atoms with Crippen LogP contribution in [0, 0.1) is 5.92 Å². The molecule has 134 valence electrons. The first kappa shape index (κ1) is 17.4. The maximum Gasteiger partial charge on any atom is 0.252 e. The SMILES string of the molecule is CCOCc1nc(C2CCCN(C(=O)CCC3CCCC3)C2)no1. The van der Waals surface area contributed by atoms with E-state index < -0.39 is 0 Å². The Kier molecular flexibility index (Phi) is 6.24. The summed E-state index contributed by atoms with van der Waals surface area (Å²) in [6, 6.07) is 0. The van der Waals surface area contributed by atoms with Crippen molar-refractivity contribution in [1.29, 1.82) is 0 Å². The zero-order valence-corrected chi connectivity index (χ0v) is 14.7. The third kappa shape index (κ3) is 4.56. The zero-order chi connectivity index (χ0) is 16.8. The van der Waals surface area contributed by atoms with Crippen LogP contribution < -0.4 is 0 Å². The number of carbonyl (C=O) groups excluding carboxylic acids is 1. The summed E-state index contributed by atoms with van der Waals surface area (Å²) in [6.07, 6.45) is 9.07. The first-order valence-corrected chi connectivity index (χ1v) is 9.44. The van der Waals surface area contributed by atoms with Gasteiger partial charge in [0.1, 0.15) is 6.61 Å². The third-order valence-electron chi connectivity index (χ3n) is 5.29. The molecule has 6 heteroatoms. The molecule has 0 aromatic carbocycles. The van der Waals surface area contributed by atoms with Gasteiger partial charge in [-0.05, 0) is 32.1 Å². The zero-order valence-electron chi connectivity index (χ0n) is 14.7. The Morgan fingerprint density at radius 1 is 1.29 bits per heavy atom. The van der Waals surface area contributed by atoms with Crippen LogP contribution in [0.1, 0.15) is 75.9 Å². The maximum atomic E-state index is 12.5. The summed E-state index contributed by atoms with van der Waals surface area (Å²) >= 11 is 0. The van der Waals surface area contributed by atoms with Crippen LogP contribution in [0.15, 0.2) is 4.52 Å². The Balaban J connectivity index is 1.49. The highest BCUT2D eigenvalue weighted by atomic mass is 16.5. The number of piperidine rings is 1. The van der Waals surface area contributed by atoms with E-state index in [1.165, 1.54) is 25.7 Å². The molecule has 6 nitrogen and oxygen atoms in total. The fourth-order valence-corrected chi connectivity index (χ4v) is 3.88. The standard InChI is InChI=1S/C18H29N3O3/c1-2-23-13-16-19-18(20-24-16)15-8-5-11-21(12-15)17(22)10-9-14-6-3-4-7-14/h14-15H,2-13H2,1H3. The quantitative estimate of drug-likeness (QED) is 0.765. The minimum Gasteiger partial charge on any atom is -0.372 e. The molecule has 2 aliphatic rings. The summed E-state index contributed by atoms with van der Waals surface area (Å²) < 4.78 is 10.5. The first-order valence-electron chi connectivity index (χ1n) is 9.44. The Bertz CT molecular complexity index is 525. The summed E-state index contributed by atoms with van der Waals surface area (Å²) in [6.45, 7) is 4.51. The molecular formula is C18H29N3O3. The number of hydrogen-bond acceptors (Lipinski definition) is 5. The minimum absolute atomic E-state index is 0.188. The van der Waals surface area contributed by atoms with Crippen molar-refractivity contribution in [2.24, 2.45) is 5.92 Å². The molecule has 2 heterocycles. The van der Waals surface area contributed by atoms with E-state index in [4.69, 9.17) is 9.26 Å². The largest absolute Gasteiger partial charge is 0.372 e. The van der Waals surface area contributed by atoms with Crippen LogP contribution in [0.3, 0.4) is 0 Å². The van der Waals surface area contributed by atoms with Crippen LogP contribution in [-0.2, 0) is 16.1 Å². The number of nitrogens with zero attached hydrogens (tertiary/aromatic N) is 3. The smallest absolute Gasteiger partial charge is 0.252 e. The number of ether oxygens (including phenoxy) is 1. The predicted octanol–water partition coefficient (Wildman–Crippen LogP) is 3.28. The fourth-order valence-electron chi connectivity index (χ4n) is 3.88. The highest BCUT2D eigenvalue weighted by molar-refractivity contribution is 5.76. The number of aromatic nitrogens is 2. The van der Waals surface area contributed by atoms with Crippen molar-refractivity contribution in [3.8, 4) is 0 Å². The molecule has 1 aromatic rings. The molecule has 24 heavy (non-hydrogen) atoms. The van der Waals surface area contributed by atoms with Gasteiger partial charge in [0.2, 0.25) is 5.91 Å². The molecule has 1 aliphatic carbocycles. The molecule has 2 fully saturated rings. The second kappa shape index (κ2) is 8.60. The van der Waals surface area contributed by atoms with Crippen molar-refractivity contribution in [3.05, 3.63) is 11.7 Å². The first-order chi connectivity index (χ1) is 11.8. The summed E-state index contributed by atoms with van der Waals surface area (Å²) in [7, 11) is 0. The number of rotatable bonds is 7. The summed E-state index contributed by atoms with van der Waals surface area (Å²) in [5.41, 5.74) is 0. The van der Waals surface area contributed by atoms with Gasteiger partial charge in [-0.25, -0.2) is 0 Å². The average molecular weight is 335 g/mol. The lowest BCUT2D eigenvalue weighted by molar-refractivity contribution is -0.132. The van der Waals surface area contributed by atoms with E-state index in [-0.39, 0.29) is 5.92 Å². The lowest BCUT2D eigenvalue weighted by Crippen LogP contribution is -2.39. The molecule has 0 spiro atoms. The number of likely N-dealkylation sites (tertiary alicyclic amines) is 1. The molecule has 0 radical (unpaired) electrons. The van der Waals surface area contributed by atoms with Crippen molar-refractivity contribution in [2.75, 3.05) is 19.7 Å². The second-order valence-electron chi connectivity index (χ2n) is 7.05. The van der Waals surface area contributed by atoms with Crippen molar-refractivity contribution in [1.82, 2.24) is 15.0 Å². The summed E-state index contributed by atoms with van der Waals surface area (Å²) in [5.74, 6) is 2.50. The molecule has 1 saturated carbocycles. The van der Waals surface area contributed by atoms with Gasteiger partial charge in [-0.1, -0.05) is 30.8 Å². The highest BCUT2D eigenvalue weighted by Gasteiger charge is 2.28. The van der Waals surface area contributed by atoms with Crippen LogP contribution in [0.2, 0.25) is 0 Å². The van der Waals surface area contributed by atoms with Gasteiger partial charge in [0.15, 0.2) is 5.82 Å². The average Bonchev–Trinajstić information content (AvgIpc) is 3.29.